The first-order valence-electron chi connectivity index (χ1n) is 8.50. The quantitative estimate of drug-likeness (QED) is 0.615. The summed E-state index contributed by atoms with van der Waals surface area (Å²) in [7, 11) is -1.87. The first-order valence-corrected chi connectivity index (χ1v) is 10.7. The van der Waals surface area contributed by atoms with Crippen LogP contribution < -0.4 is 5.32 Å². The average molecular weight is 449 g/mol. The Hall–Kier alpha value is -2.03. The summed E-state index contributed by atoms with van der Waals surface area (Å²) in [4.78, 5) is 9.04. The van der Waals surface area contributed by atoms with Gasteiger partial charge in [0.15, 0.2) is 0 Å². The third-order valence-electron chi connectivity index (χ3n) is 4.35. The normalized spacial score (nSPS) is 12.1. The molecule has 142 valence electrons. The molecule has 0 atom stereocenters. The number of pyridine rings is 2. The van der Waals surface area contributed by atoms with Crippen LogP contribution in [-0.4, -0.2) is 35.8 Å². The molecule has 3 aromatic rings. The molecule has 0 radical (unpaired) electrons. The van der Waals surface area contributed by atoms with Crippen LogP contribution in [0.3, 0.4) is 0 Å². The second-order valence-corrected chi connectivity index (χ2v) is 9.41. The summed E-state index contributed by atoms with van der Waals surface area (Å²) in [6, 6.07) is 10.6. The summed E-state index contributed by atoms with van der Waals surface area (Å²) in [5.41, 5.74) is 3.44. The van der Waals surface area contributed by atoms with Gasteiger partial charge in [0.25, 0.3) is 0 Å². The van der Waals surface area contributed by atoms with Gasteiger partial charge >= 0.3 is 0 Å². The van der Waals surface area contributed by atoms with Crippen molar-refractivity contribution in [3.63, 3.8) is 0 Å². The first-order chi connectivity index (χ1) is 12.8. The van der Waals surface area contributed by atoms with Gasteiger partial charge in [-0.1, -0.05) is 12.1 Å². The fourth-order valence-electron chi connectivity index (χ4n) is 2.57. The zero-order valence-electron chi connectivity index (χ0n) is 15.3. The van der Waals surface area contributed by atoms with E-state index in [1.54, 1.807) is 31.6 Å². The summed E-state index contributed by atoms with van der Waals surface area (Å²) in [5.74, 6) is 0. The largest absolute Gasteiger partial charge is 0.379 e. The zero-order valence-corrected chi connectivity index (χ0v) is 17.8. The molecule has 0 bridgehead atoms. The Morgan fingerprint density at radius 3 is 2.52 bits per heavy atom. The van der Waals surface area contributed by atoms with Crippen molar-refractivity contribution < 1.29 is 8.42 Å². The summed E-state index contributed by atoms with van der Waals surface area (Å²) < 4.78 is 27.3. The minimum atomic E-state index is -3.46. The number of halogens is 1. The molecule has 27 heavy (non-hydrogen) atoms. The predicted octanol–water partition coefficient (Wildman–Crippen LogP) is 4.03. The van der Waals surface area contributed by atoms with Crippen LogP contribution in [0, 0.1) is 0 Å². The molecular formula is C19H21BrN4O2S. The molecule has 1 aromatic carbocycles. The van der Waals surface area contributed by atoms with Gasteiger partial charge in [0.2, 0.25) is 10.0 Å². The Morgan fingerprint density at radius 2 is 1.85 bits per heavy atom. The van der Waals surface area contributed by atoms with Crippen molar-refractivity contribution >= 4 is 42.7 Å². The standard InChI is InChI=1S/C19H21BrN4O2S/c1-13(2)24(3)27(25,26)16-6-4-14(5-7-16)11-22-17-8-9-21-18-10-15(20)12-23-19(17)18/h4-10,12-13H,11H2,1-3H3,(H,21,22). The molecule has 6 nitrogen and oxygen atoms in total. The van der Waals surface area contributed by atoms with Crippen molar-refractivity contribution in [2.24, 2.45) is 0 Å². The number of benzene rings is 1. The Bertz CT molecular complexity index is 1050. The maximum atomic E-state index is 12.5. The van der Waals surface area contributed by atoms with E-state index < -0.39 is 10.0 Å². The van der Waals surface area contributed by atoms with Gasteiger partial charge in [0, 0.05) is 36.5 Å². The summed E-state index contributed by atoms with van der Waals surface area (Å²) in [6.07, 6.45) is 3.47. The molecule has 0 aliphatic rings. The van der Waals surface area contributed by atoms with Crippen LogP contribution in [0.15, 0.2) is 58.2 Å². The van der Waals surface area contributed by atoms with E-state index in [0.29, 0.717) is 11.4 Å². The molecule has 8 heteroatoms. The molecule has 0 aliphatic heterocycles. The van der Waals surface area contributed by atoms with Crippen molar-refractivity contribution in [2.75, 3.05) is 12.4 Å². The van der Waals surface area contributed by atoms with Crippen molar-refractivity contribution in [2.45, 2.75) is 31.3 Å². The van der Waals surface area contributed by atoms with E-state index in [1.807, 2.05) is 38.1 Å². The number of nitrogens with one attached hydrogen (secondary N) is 1. The minimum Gasteiger partial charge on any atom is -0.379 e. The van der Waals surface area contributed by atoms with E-state index in [2.05, 4.69) is 31.2 Å². The number of rotatable bonds is 6. The van der Waals surface area contributed by atoms with Gasteiger partial charge in [0.05, 0.1) is 16.1 Å². The number of fused-ring (bicyclic) bond motifs is 1. The SMILES string of the molecule is CC(C)N(C)S(=O)(=O)c1ccc(CNc2ccnc3cc(Br)cnc23)cc1. The Labute approximate surface area is 167 Å². The summed E-state index contributed by atoms with van der Waals surface area (Å²) in [6.45, 7) is 4.25. The molecule has 0 fully saturated rings. The molecular weight excluding hydrogens is 428 g/mol. The molecule has 0 spiro atoms. The lowest BCUT2D eigenvalue weighted by molar-refractivity contribution is 0.410. The maximum Gasteiger partial charge on any atom is 0.243 e. The van der Waals surface area contributed by atoms with Crippen LogP contribution in [-0.2, 0) is 16.6 Å². The molecule has 0 aliphatic carbocycles. The third-order valence-corrected chi connectivity index (χ3v) is 6.84. The fourth-order valence-corrected chi connectivity index (χ4v) is 4.26. The number of anilines is 1. The predicted molar refractivity (Wildman–Crippen MR) is 111 cm³/mol. The van der Waals surface area contributed by atoms with E-state index in [-0.39, 0.29) is 6.04 Å². The van der Waals surface area contributed by atoms with Gasteiger partial charge in [-0.15, -0.1) is 0 Å². The van der Waals surface area contributed by atoms with E-state index >= 15 is 0 Å². The average Bonchev–Trinajstić information content (AvgIpc) is 2.65. The van der Waals surface area contributed by atoms with Gasteiger partial charge in [-0.2, -0.15) is 4.31 Å². The van der Waals surface area contributed by atoms with Crippen molar-refractivity contribution in [3.8, 4) is 0 Å². The van der Waals surface area contributed by atoms with Crippen molar-refractivity contribution in [1.82, 2.24) is 14.3 Å². The smallest absolute Gasteiger partial charge is 0.243 e. The van der Waals surface area contributed by atoms with Gasteiger partial charge in [-0.25, -0.2) is 8.42 Å². The lowest BCUT2D eigenvalue weighted by atomic mass is 10.2. The molecule has 2 heterocycles. The second kappa shape index (κ2) is 7.92. The fraction of sp³-hybridized carbons (Fsp3) is 0.263. The van der Waals surface area contributed by atoms with Crippen LogP contribution in [0.25, 0.3) is 11.0 Å². The number of nitrogens with zero attached hydrogens (tertiary/aromatic N) is 3. The third kappa shape index (κ3) is 4.28. The Morgan fingerprint density at radius 1 is 1.15 bits per heavy atom. The van der Waals surface area contributed by atoms with Crippen LogP contribution >= 0.6 is 15.9 Å². The van der Waals surface area contributed by atoms with Gasteiger partial charge in [-0.05, 0) is 59.6 Å². The van der Waals surface area contributed by atoms with E-state index in [4.69, 9.17) is 0 Å². The lowest BCUT2D eigenvalue weighted by Gasteiger charge is -2.21. The zero-order chi connectivity index (χ0) is 19.6. The molecule has 0 saturated carbocycles. The highest BCUT2D eigenvalue weighted by Crippen LogP contribution is 2.23. The summed E-state index contributed by atoms with van der Waals surface area (Å²) >= 11 is 3.40. The Kier molecular flexibility index (Phi) is 5.78. The highest BCUT2D eigenvalue weighted by molar-refractivity contribution is 9.10. The highest BCUT2D eigenvalue weighted by atomic mass is 79.9. The van der Waals surface area contributed by atoms with Gasteiger partial charge in [-0.3, -0.25) is 9.97 Å². The topological polar surface area (TPSA) is 75.2 Å². The number of hydrogen-bond donors (Lipinski definition) is 1. The van der Waals surface area contributed by atoms with Crippen molar-refractivity contribution in [3.05, 3.63) is 58.8 Å². The highest BCUT2D eigenvalue weighted by Gasteiger charge is 2.22. The van der Waals surface area contributed by atoms with Crippen LogP contribution in [0.5, 0.6) is 0 Å². The summed E-state index contributed by atoms with van der Waals surface area (Å²) in [5, 5.41) is 3.34. The molecule has 0 saturated heterocycles. The van der Waals surface area contributed by atoms with Gasteiger partial charge in [0.1, 0.15) is 5.52 Å². The number of sulfonamides is 1. The monoisotopic (exact) mass is 448 g/mol. The molecule has 0 unspecified atom stereocenters. The lowest BCUT2D eigenvalue weighted by Crippen LogP contribution is -2.33. The van der Waals surface area contributed by atoms with Crippen molar-refractivity contribution in [1.29, 1.82) is 0 Å². The minimum absolute atomic E-state index is 0.0937. The van der Waals surface area contributed by atoms with Crippen LogP contribution in [0.4, 0.5) is 5.69 Å². The number of aromatic nitrogens is 2. The van der Waals surface area contributed by atoms with Crippen LogP contribution in [0.1, 0.15) is 19.4 Å². The van der Waals surface area contributed by atoms with E-state index in [1.165, 1.54) is 4.31 Å². The van der Waals surface area contributed by atoms with E-state index in [0.717, 1.165) is 26.8 Å². The van der Waals surface area contributed by atoms with Crippen LogP contribution in [0.2, 0.25) is 0 Å². The number of hydrogen-bond acceptors (Lipinski definition) is 5. The molecule has 1 N–H and O–H groups in total. The molecule has 0 amide bonds. The molecule has 2 aromatic heterocycles. The molecule has 3 rings (SSSR count). The van der Waals surface area contributed by atoms with E-state index in [9.17, 15) is 8.42 Å². The Balaban J connectivity index is 1.77. The first kappa shape index (κ1) is 19.7. The van der Waals surface area contributed by atoms with Gasteiger partial charge < -0.3 is 5.32 Å². The maximum absolute atomic E-state index is 12.5. The second-order valence-electron chi connectivity index (χ2n) is 6.49.